The zero-order valence-electron chi connectivity index (χ0n) is 16.6. The number of nitrogens with zero attached hydrogens (tertiary/aromatic N) is 2. The average molecular weight is 401 g/mol. The number of methoxy groups -OCH3 is 2. The number of para-hydroxylation sites is 2. The summed E-state index contributed by atoms with van der Waals surface area (Å²) >= 11 is 1.27. The van der Waals surface area contributed by atoms with Crippen molar-refractivity contribution in [2.24, 2.45) is 4.99 Å². The average Bonchev–Trinajstić information content (AvgIpc) is 2.98. The SMILES string of the molecule is CC.COc1ccc(/C=C2\SC(=Nc3ccccc3OC)N(C)C2=O)cc1O. The first-order valence-corrected chi connectivity index (χ1v) is 9.61. The minimum atomic E-state index is -0.154. The minimum Gasteiger partial charge on any atom is -0.504 e. The van der Waals surface area contributed by atoms with E-state index < -0.39 is 0 Å². The van der Waals surface area contributed by atoms with Gasteiger partial charge in [0.15, 0.2) is 16.7 Å². The van der Waals surface area contributed by atoms with E-state index in [-0.39, 0.29) is 11.7 Å². The van der Waals surface area contributed by atoms with Crippen LogP contribution in [0.4, 0.5) is 5.69 Å². The fraction of sp³-hybridized carbons (Fsp3) is 0.238. The number of thioether (sulfide) groups is 1. The molecule has 1 heterocycles. The number of rotatable bonds is 4. The smallest absolute Gasteiger partial charge is 0.266 e. The summed E-state index contributed by atoms with van der Waals surface area (Å²) in [4.78, 5) is 19.1. The van der Waals surface area contributed by atoms with Crippen molar-refractivity contribution in [3.05, 3.63) is 52.9 Å². The first kappa shape index (κ1) is 21.4. The molecule has 0 radical (unpaired) electrons. The molecule has 0 bridgehead atoms. The summed E-state index contributed by atoms with van der Waals surface area (Å²) < 4.78 is 10.3. The number of ether oxygens (including phenoxy) is 2. The van der Waals surface area contributed by atoms with Gasteiger partial charge >= 0.3 is 0 Å². The Kier molecular flexibility index (Phi) is 7.52. The second kappa shape index (κ2) is 9.85. The van der Waals surface area contributed by atoms with Gasteiger partial charge in [0, 0.05) is 7.05 Å². The Hall–Kier alpha value is -2.93. The minimum absolute atomic E-state index is 0.0218. The molecule has 0 aromatic heterocycles. The fourth-order valence-corrected chi connectivity index (χ4v) is 3.40. The number of phenols is 1. The second-order valence-corrected chi connectivity index (χ2v) is 6.48. The molecule has 1 N–H and O–H groups in total. The summed E-state index contributed by atoms with van der Waals surface area (Å²) in [6.07, 6.45) is 1.72. The Morgan fingerprint density at radius 3 is 2.39 bits per heavy atom. The largest absolute Gasteiger partial charge is 0.504 e. The van der Waals surface area contributed by atoms with E-state index in [2.05, 4.69) is 4.99 Å². The summed E-state index contributed by atoms with van der Waals surface area (Å²) in [6, 6.07) is 12.3. The number of phenolic OH excluding ortho intramolecular Hbond substituents is 1. The molecule has 148 valence electrons. The maximum atomic E-state index is 12.5. The lowest BCUT2D eigenvalue weighted by Gasteiger charge is -2.09. The Balaban J connectivity index is 0.00000136. The second-order valence-electron chi connectivity index (χ2n) is 5.47. The van der Waals surface area contributed by atoms with Gasteiger partial charge in [-0.1, -0.05) is 32.0 Å². The topological polar surface area (TPSA) is 71.4 Å². The quantitative estimate of drug-likeness (QED) is 0.755. The van der Waals surface area contributed by atoms with Crippen molar-refractivity contribution in [1.82, 2.24) is 4.90 Å². The van der Waals surface area contributed by atoms with Crippen LogP contribution in [0.2, 0.25) is 0 Å². The number of hydrogen-bond donors (Lipinski definition) is 1. The molecular weight excluding hydrogens is 376 g/mol. The molecule has 1 aliphatic heterocycles. The van der Waals surface area contributed by atoms with Crippen LogP contribution >= 0.6 is 11.8 Å². The van der Waals surface area contributed by atoms with E-state index in [1.807, 2.05) is 38.1 Å². The van der Waals surface area contributed by atoms with Crippen molar-refractivity contribution in [1.29, 1.82) is 0 Å². The summed E-state index contributed by atoms with van der Waals surface area (Å²) in [7, 11) is 4.74. The van der Waals surface area contributed by atoms with Crippen molar-refractivity contribution < 1.29 is 19.4 Å². The zero-order chi connectivity index (χ0) is 20.7. The van der Waals surface area contributed by atoms with Gasteiger partial charge in [-0.3, -0.25) is 9.69 Å². The highest BCUT2D eigenvalue weighted by Gasteiger charge is 2.30. The maximum absolute atomic E-state index is 12.5. The third-order valence-corrected chi connectivity index (χ3v) is 4.87. The van der Waals surface area contributed by atoms with Gasteiger partial charge in [0.05, 0.1) is 19.1 Å². The summed E-state index contributed by atoms with van der Waals surface area (Å²) in [5.74, 6) is 0.888. The molecule has 1 aliphatic rings. The third-order valence-electron chi connectivity index (χ3n) is 3.81. The Morgan fingerprint density at radius 2 is 1.75 bits per heavy atom. The van der Waals surface area contributed by atoms with Gasteiger partial charge in [0.2, 0.25) is 0 Å². The van der Waals surface area contributed by atoms with Crippen LogP contribution in [0, 0.1) is 0 Å². The van der Waals surface area contributed by atoms with Crippen molar-refractivity contribution in [3.63, 3.8) is 0 Å². The highest BCUT2D eigenvalue weighted by Crippen LogP contribution is 2.36. The lowest BCUT2D eigenvalue weighted by atomic mass is 10.2. The number of hydrogen-bond acceptors (Lipinski definition) is 6. The van der Waals surface area contributed by atoms with Crippen LogP contribution in [0.3, 0.4) is 0 Å². The van der Waals surface area contributed by atoms with Crippen LogP contribution in [0.25, 0.3) is 6.08 Å². The first-order chi connectivity index (χ1) is 13.5. The molecule has 6 nitrogen and oxygen atoms in total. The lowest BCUT2D eigenvalue weighted by molar-refractivity contribution is -0.121. The Bertz CT molecular complexity index is 909. The highest BCUT2D eigenvalue weighted by molar-refractivity contribution is 8.18. The summed E-state index contributed by atoms with van der Waals surface area (Å²) in [6.45, 7) is 4.00. The molecule has 0 saturated carbocycles. The van der Waals surface area contributed by atoms with Crippen LogP contribution in [0.1, 0.15) is 19.4 Å². The van der Waals surface area contributed by atoms with Crippen LogP contribution < -0.4 is 9.47 Å². The van der Waals surface area contributed by atoms with Crippen LogP contribution in [0.5, 0.6) is 17.2 Å². The molecule has 2 aromatic carbocycles. The molecule has 1 saturated heterocycles. The van der Waals surface area contributed by atoms with Gasteiger partial charge in [-0.25, -0.2) is 4.99 Å². The monoisotopic (exact) mass is 400 g/mol. The molecule has 0 unspecified atom stereocenters. The van der Waals surface area contributed by atoms with Gasteiger partial charge in [-0.2, -0.15) is 0 Å². The number of benzene rings is 2. The van der Waals surface area contributed by atoms with E-state index in [0.29, 0.717) is 32.8 Å². The number of aliphatic imine (C=N–C) groups is 1. The van der Waals surface area contributed by atoms with Gasteiger partial charge in [0.25, 0.3) is 5.91 Å². The molecule has 0 spiro atoms. The lowest BCUT2D eigenvalue weighted by Crippen LogP contribution is -2.23. The van der Waals surface area contributed by atoms with Crippen molar-refractivity contribution >= 4 is 34.6 Å². The Morgan fingerprint density at radius 1 is 1.07 bits per heavy atom. The van der Waals surface area contributed by atoms with E-state index in [9.17, 15) is 9.90 Å². The summed E-state index contributed by atoms with van der Waals surface area (Å²) in [5, 5.41) is 10.5. The van der Waals surface area contributed by atoms with Crippen LogP contribution in [0.15, 0.2) is 52.4 Å². The van der Waals surface area contributed by atoms with Crippen LogP contribution in [-0.2, 0) is 4.79 Å². The third kappa shape index (κ3) is 4.67. The number of carbonyl (C=O) groups excluding carboxylic acids is 1. The Labute approximate surface area is 169 Å². The molecule has 7 heteroatoms. The number of aromatic hydroxyl groups is 1. The molecule has 1 amide bonds. The molecule has 2 aromatic rings. The number of amidine groups is 1. The van der Waals surface area contributed by atoms with E-state index in [0.717, 1.165) is 0 Å². The van der Waals surface area contributed by atoms with Crippen molar-refractivity contribution in [2.45, 2.75) is 13.8 Å². The van der Waals surface area contributed by atoms with E-state index in [1.54, 1.807) is 38.4 Å². The number of amides is 1. The van der Waals surface area contributed by atoms with Crippen molar-refractivity contribution in [3.8, 4) is 17.2 Å². The van der Waals surface area contributed by atoms with Crippen LogP contribution in [-0.4, -0.2) is 42.3 Å². The predicted octanol–water partition coefficient (Wildman–Crippen LogP) is 4.67. The number of carbonyl (C=O) groups is 1. The summed E-state index contributed by atoms with van der Waals surface area (Å²) in [5.41, 5.74) is 1.35. The van der Waals surface area contributed by atoms with E-state index >= 15 is 0 Å². The van der Waals surface area contributed by atoms with Gasteiger partial charge in [0.1, 0.15) is 11.4 Å². The molecule has 3 rings (SSSR count). The molecular formula is C21H24N2O4S. The molecule has 0 atom stereocenters. The highest BCUT2D eigenvalue weighted by atomic mass is 32.2. The van der Waals surface area contributed by atoms with Gasteiger partial charge in [-0.15, -0.1) is 0 Å². The predicted molar refractivity (Wildman–Crippen MR) is 114 cm³/mol. The van der Waals surface area contributed by atoms with E-state index in [1.165, 1.54) is 23.8 Å². The zero-order valence-corrected chi connectivity index (χ0v) is 17.4. The molecule has 1 fully saturated rings. The normalized spacial score (nSPS) is 16.2. The van der Waals surface area contributed by atoms with E-state index in [4.69, 9.17) is 9.47 Å². The molecule has 0 aliphatic carbocycles. The standard InChI is InChI=1S/C19H18N2O4S.C2H6/c1-21-18(23)17(11-12-8-9-16(25-3)14(22)10-12)26-19(21)20-13-6-4-5-7-15(13)24-2;1-2/h4-11,22H,1-3H3;1-2H3/b17-11-,20-19?;. The first-order valence-electron chi connectivity index (χ1n) is 8.80. The van der Waals surface area contributed by atoms with Crippen molar-refractivity contribution in [2.75, 3.05) is 21.3 Å². The molecule has 28 heavy (non-hydrogen) atoms. The maximum Gasteiger partial charge on any atom is 0.266 e. The number of likely N-dealkylation sites (N-methyl/N-ethyl adjacent to an activating group) is 1. The van der Waals surface area contributed by atoms with Gasteiger partial charge in [-0.05, 0) is 47.7 Å². The van der Waals surface area contributed by atoms with Gasteiger partial charge < -0.3 is 14.6 Å². The fourth-order valence-electron chi connectivity index (χ4n) is 2.42.